The molecule has 0 aromatic heterocycles. The maximum Gasteiger partial charge on any atom is 0.208 e. The van der Waals surface area contributed by atoms with Gasteiger partial charge in [0.25, 0.3) is 0 Å². The molecule has 4 aromatic carbocycles. The third-order valence-corrected chi connectivity index (χ3v) is 9.30. The molecule has 0 aliphatic rings. The highest BCUT2D eigenvalue weighted by molar-refractivity contribution is 7.76. The lowest BCUT2D eigenvalue weighted by atomic mass is 10.0. The quantitative estimate of drug-likeness (QED) is 0.316. The molecule has 1 unspecified atom stereocenters. The topological polar surface area (TPSA) is 29.5 Å². The standard InChI is InChI=1S/C28H28NO2P/c1-22(23-14-6-4-7-15-23)29(2)32(30,24-16-8-5-9-17-24)28-21-13-11-19-26(28)25-18-10-12-20-27(25)31-3/h4-22H,1-3H3/t22-,32?/m1/s1. The Morgan fingerprint density at radius 3 is 1.91 bits per heavy atom. The molecule has 0 saturated carbocycles. The lowest BCUT2D eigenvalue weighted by Gasteiger charge is -2.35. The second kappa shape index (κ2) is 9.56. The normalized spacial score (nSPS) is 14.0. The molecule has 0 saturated heterocycles. The van der Waals surface area contributed by atoms with Crippen LogP contribution in [0.25, 0.3) is 11.1 Å². The van der Waals surface area contributed by atoms with Gasteiger partial charge in [-0.3, -0.25) is 4.57 Å². The van der Waals surface area contributed by atoms with Crippen molar-refractivity contribution < 1.29 is 9.30 Å². The van der Waals surface area contributed by atoms with Crippen LogP contribution in [0.5, 0.6) is 5.75 Å². The summed E-state index contributed by atoms with van der Waals surface area (Å²) in [7, 11) is 0.439. The van der Waals surface area contributed by atoms with Gasteiger partial charge < -0.3 is 4.74 Å². The Kier molecular flexibility index (Phi) is 6.60. The van der Waals surface area contributed by atoms with Crippen molar-refractivity contribution in [3.8, 4) is 16.9 Å². The van der Waals surface area contributed by atoms with Gasteiger partial charge in [-0.25, -0.2) is 4.67 Å². The third kappa shape index (κ3) is 4.02. The van der Waals surface area contributed by atoms with Gasteiger partial charge in [0.15, 0.2) is 0 Å². The van der Waals surface area contributed by atoms with Gasteiger partial charge in [0.05, 0.1) is 7.11 Å². The largest absolute Gasteiger partial charge is 0.496 e. The van der Waals surface area contributed by atoms with Crippen molar-refractivity contribution in [1.29, 1.82) is 0 Å². The zero-order chi connectivity index (χ0) is 22.6. The average Bonchev–Trinajstić information content (AvgIpc) is 2.88. The van der Waals surface area contributed by atoms with Crippen molar-refractivity contribution in [1.82, 2.24) is 4.67 Å². The highest BCUT2D eigenvalue weighted by atomic mass is 31.2. The van der Waals surface area contributed by atoms with Crippen LogP contribution in [0.15, 0.2) is 109 Å². The van der Waals surface area contributed by atoms with Gasteiger partial charge in [-0.15, -0.1) is 0 Å². The molecule has 3 nitrogen and oxygen atoms in total. The summed E-state index contributed by atoms with van der Waals surface area (Å²) in [6.45, 7) is 2.11. The van der Waals surface area contributed by atoms with Crippen LogP contribution in [0.3, 0.4) is 0 Å². The fraction of sp³-hybridized carbons (Fsp3) is 0.143. The second-order valence-electron chi connectivity index (χ2n) is 7.79. The number of hydrogen-bond donors (Lipinski definition) is 0. The molecule has 4 heteroatoms. The molecular formula is C28H28NO2P. The van der Waals surface area contributed by atoms with Gasteiger partial charge in [0.2, 0.25) is 7.29 Å². The van der Waals surface area contributed by atoms with E-state index in [0.29, 0.717) is 0 Å². The number of rotatable bonds is 7. The highest BCUT2D eigenvalue weighted by Gasteiger charge is 2.37. The fourth-order valence-corrected chi connectivity index (χ4v) is 7.13. The summed E-state index contributed by atoms with van der Waals surface area (Å²) in [6, 6.07) is 35.8. The predicted octanol–water partition coefficient (Wildman–Crippen LogP) is 6.28. The Hall–Kier alpha value is -3.13. The number of ether oxygens (including phenoxy) is 1. The maximum atomic E-state index is 15.2. The average molecular weight is 442 g/mol. The van der Waals surface area contributed by atoms with Gasteiger partial charge >= 0.3 is 0 Å². The molecule has 0 aliphatic carbocycles. The Morgan fingerprint density at radius 2 is 1.25 bits per heavy atom. The van der Waals surface area contributed by atoms with Crippen LogP contribution in [0.4, 0.5) is 0 Å². The second-order valence-corrected chi connectivity index (χ2v) is 10.6. The molecule has 0 aliphatic heterocycles. The molecule has 4 aromatic rings. The van der Waals surface area contributed by atoms with E-state index in [9.17, 15) is 0 Å². The van der Waals surface area contributed by atoms with Gasteiger partial charge in [-0.05, 0) is 49.4 Å². The van der Waals surface area contributed by atoms with Crippen molar-refractivity contribution in [2.24, 2.45) is 0 Å². The van der Waals surface area contributed by atoms with Crippen LogP contribution < -0.4 is 15.3 Å². The van der Waals surface area contributed by atoms with Crippen LogP contribution >= 0.6 is 7.29 Å². The van der Waals surface area contributed by atoms with Gasteiger partial charge in [-0.2, -0.15) is 0 Å². The summed E-state index contributed by atoms with van der Waals surface area (Å²) in [6.07, 6.45) is 0. The molecule has 0 spiro atoms. The van der Waals surface area contributed by atoms with Crippen LogP contribution in [0, 0.1) is 0 Å². The van der Waals surface area contributed by atoms with E-state index in [0.717, 1.165) is 33.0 Å². The Labute approximate surface area is 190 Å². The summed E-state index contributed by atoms with van der Waals surface area (Å²) >= 11 is 0. The van der Waals surface area contributed by atoms with Crippen LogP contribution in [0.2, 0.25) is 0 Å². The third-order valence-electron chi connectivity index (χ3n) is 6.02. The van der Waals surface area contributed by atoms with Crippen LogP contribution in [-0.2, 0) is 4.57 Å². The molecule has 32 heavy (non-hydrogen) atoms. The maximum absolute atomic E-state index is 15.2. The van der Waals surface area contributed by atoms with E-state index in [1.807, 2.05) is 109 Å². The molecule has 4 rings (SSSR count). The first-order valence-electron chi connectivity index (χ1n) is 10.7. The Morgan fingerprint density at radius 1 is 0.719 bits per heavy atom. The number of hydrogen-bond acceptors (Lipinski definition) is 2. The number of nitrogens with zero attached hydrogens (tertiary/aromatic N) is 1. The van der Waals surface area contributed by atoms with Crippen molar-refractivity contribution in [3.05, 3.63) is 115 Å². The van der Waals surface area contributed by atoms with Gasteiger partial charge in [0, 0.05) is 22.2 Å². The first kappa shape index (κ1) is 22.1. The molecule has 0 fully saturated rings. The highest BCUT2D eigenvalue weighted by Crippen LogP contribution is 2.53. The smallest absolute Gasteiger partial charge is 0.208 e. The predicted molar refractivity (Wildman–Crippen MR) is 134 cm³/mol. The number of para-hydroxylation sites is 1. The fourth-order valence-electron chi connectivity index (χ4n) is 4.15. The van der Waals surface area contributed by atoms with Gasteiger partial charge in [0.1, 0.15) is 5.75 Å². The number of benzene rings is 4. The molecule has 0 N–H and O–H groups in total. The van der Waals surface area contributed by atoms with Crippen LogP contribution in [0.1, 0.15) is 18.5 Å². The van der Waals surface area contributed by atoms with Crippen molar-refractivity contribution in [2.45, 2.75) is 13.0 Å². The van der Waals surface area contributed by atoms with E-state index in [1.165, 1.54) is 0 Å². The summed E-state index contributed by atoms with van der Waals surface area (Å²) in [5.41, 5.74) is 2.98. The summed E-state index contributed by atoms with van der Waals surface area (Å²) in [4.78, 5) is 0. The van der Waals surface area contributed by atoms with Crippen LogP contribution in [-0.4, -0.2) is 18.8 Å². The zero-order valence-corrected chi connectivity index (χ0v) is 19.6. The molecular weight excluding hydrogens is 413 g/mol. The molecule has 2 atom stereocenters. The van der Waals surface area contributed by atoms with E-state index < -0.39 is 7.29 Å². The number of methoxy groups -OCH3 is 1. The summed E-state index contributed by atoms with van der Waals surface area (Å²) in [5.74, 6) is 0.762. The van der Waals surface area contributed by atoms with Crippen molar-refractivity contribution in [2.75, 3.05) is 14.2 Å². The molecule has 162 valence electrons. The Balaban J connectivity index is 1.95. The molecule has 0 amide bonds. The summed E-state index contributed by atoms with van der Waals surface area (Å²) < 4.78 is 22.9. The van der Waals surface area contributed by atoms with E-state index in [1.54, 1.807) is 7.11 Å². The SMILES string of the molecule is COc1ccccc1-c1ccccc1P(=O)(c1ccccc1)N(C)[C@H](C)c1ccccc1. The Bertz CT molecular complexity index is 1220. The minimum Gasteiger partial charge on any atom is -0.496 e. The first-order valence-corrected chi connectivity index (χ1v) is 12.4. The minimum atomic E-state index is -3.19. The molecule has 0 bridgehead atoms. The molecule has 0 radical (unpaired) electrons. The van der Waals surface area contributed by atoms with Crippen molar-refractivity contribution >= 4 is 17.9 Å². The van der Waals surface area contributed by atoms with E-state index >= 15 is 4.57 Å². The summed E-state index contributed by atoms with van der Waals surface area (Å²) in [5, 5.41) is 1.62. The van der Waals surface area contributed by atoms with Gasteiger partial charge in [-0.1, -0.05) is 84.9 Å². The first-order chi connectivity index (χ1) is 15.6. The van der Waals surface area contributed by atoms with E-state index in [2.05, 4.69) is 19.1 Å². The lowest BCUT2D eigenvalue weighted by molar-refractivity contribution is 0.408. The monoisotopic (exact) mass is 441 g/mol. The molecule has 0 heterocycles. The lowest BCUT2D eigenvalue weighted by Crippen LogP contribution is -2.32. The van der Waals surface area contributed by atoms with E-state index in [4.69, 9.17) is 4.74 Å². The minimum absolute atomic E-state index is 0.0482. The zero-order valence-electron chi connectivity index (χ0n) is 18.7. The van der Waals surface area contributed by atoms with Crippen molar-refractivity contribution in [3.63, 3.8) is 0 Å². The van der Waals surface area contributed by atoms with E-state index in [-0.39, 0.29) is 6.04 Å².